The highest BCUT2D eigenvalue weighted by Gasteiger charge is 2.25. The van der Waals surface area contributed by atoms with Gasteiger partial charge >= 0.3 is 0 Å². The maximum atomic E-state index is 12.8. The Labute approximate surface area is 175 Å². The number of amides is 1. The van der Waals surface area contributed by atoms with Gasteiger partial charge in [-0.3, -0.25) is 9.78 Å². The Morgan fingerprint density at radius 2 is 2.13 bits per heavy atom. The van der Waals surface area contributed by atoms with Crippen LogP contribution in [-0.2, 0) is 0 Å². The Kier molecular flexibility index (Phi) is 5.60. The summed E-state index contributed by atoms with van der Waals surface area (Å²) in [7, 11) is 0. The van der Waals surface area contributed by atoms with E-state index in [1.807, 2.05) is 6.92 Å². The van der Waals surface area contributed by atoms with Gasteiger partial charge in [0, 0.05) is 18.0 Å². The summed E-state index contributed by atoms with van der Waals surface area (Å²) in [6.45, 7) is 2.36. The molecule has 0 aliphatic heterocycles. The lowest BCUT2D eigenvalue weighted by molar-refractivity contribution is 0.0950. The SMILES string of the molecule is CCOc1cccc(-c2c(C(=O)NN=Cc3ccncc3)nnn2-c2nonc2N)c1. The maximum Gasteiger partial charge on any atom is 0.294 e. The summed E-state index contributed by atoms with van der Waals surface area (Å²) in [4.78, 5) is 16.8. The molecule has 3 heterocycles. The van der Waals surface area contributed by atoms with Crippen molar-refractivity contribution >= 4 is 17.9 Å². The number of anilines is 1. The van der Waals surface area contributed by atoms with Gasteiger partial charge in [0.15, 0.2) is 5.69 Å². The van der Waals surface area contributed by atoms with Crippen molar-refractivity contribution in [1.29, 1.82) is 0 Å². The predicted molar refractivity (Wildman–Crippen MR) is 110 cm³/mol. The Morgan fingerprint density at radius 1 is 1.29 bits per heavy atom. The van der Waals surface area contributed by atoms with Crippen LogP contribution >= 0.6 is 0 Å². The van der Waals surface area contributed by atoms with Gasteiger partial charge < -0.3 is 10.5 Å². The van der Waals surface area contributed by atoms with Crippen molar-refractivity contribution in [2.24, 2.45) is 5.10 Å². The van der Waals surface area contributed by atoms with Crippen LogP contribution in [0.25, 0.3) is 17.1 Å². The zero-order valence-electron chi connectivity index (χ0n) is 16.3. The number of carbonyl (C=O) groups excluding carboxylic acids is 1. The van der Waals surface area contributed by atoms with E-state index >= 15 is 0 Å². The fourth-order valence-corrected chi connectivity index (χ4v) is 2.75. The third kappa shape index (κ3) is 4.22. The summed E-state index contributed by atoms with van der Waals surface area (Å²) in [6.07, 6.45) is 4.72. The third-order valence-electron chi connectivity index (χ3n) is 4.09. The minimum Gasteiger partial charge on any atom is -0.494 e. The first kappa shape index (κ1) is 19.7. The van der Waals surface area contributed by atoms with Gasteiger partial charge in [-0.2, -0.15) is 9.78 Å². The molecule has 12 nitrogen and oxygen atoms in total. The number of hydrazone groups is 1. The van der Waals surface area contributed by atoms with Crippen LogP contribution in [0.2, 0.25) is 0 Å². The fourth-order valence-electron chi connectivity index (χ4n) is 2.75. The van der Waals surface area contributed by atoms with Gasteiger partial charge in [-0.25, -0.2) is 10.1 Å². The maximum absolute atomic E-state index is 12.8. The second-order valence-corrected chi connectivity index (χ2v) is 6.11. The number of nitrogens with two attached hydrogens (primary N) is 1. The average Bonchev–Trinajstić information content (AvgIpc) is 3.41. The molecule has 0 radical (unpaired) electrons. The molecule has 156 valence electrons. The number of nitrogen functional groups attached to an aromatic ring is 1. The van der Waals surface area contributed by atoms with Gasteiger partial charge in [-0.1, -0.05) is 17.3 Å². The number of nitrogens with zero attached hydrogens (tertiary/aromatic N) is 7. The van der Waals surface area contributed by atoms with Crippen molar-refractivity contribution in [2.45, 2.75) is 6.92 Å². The van der Waals surface area contributed by atoms with Crippen LogP contribution in [0.3, 0.4) is 0 Å². The Balaban J connectivity index is 1.72. The van der Waals surface area contributed by atoms with E-state index in [2.05, 4.69) is 40.8 Å². The monoisotopic (exact) mass is 419 g/mol. The van der Waals surface area contributed by atoms with E-state index in [0.717, 1.165) is 5.56 Å². The first-order chi connectivity index (χ1) is 15.2. The van der Waals surface area contributed by atoms with Crippen molar-refractivity contribution in [1.82, 2.24) is 35.7 Å². The molecule has 4 aromatic rings. The Hall–Kier alpha value is -4.61. The summed E-state index contributed by atoms with van der Waals surface area (Å²) in [5, 5.41) is 19.3. The number of rotatable bonds is 7. The van der Waals surface area contributed by atoms with Crippen LogP contribution in [0, 0.1) is 0 Å². The van der Waals surface area contributed by atoms with Gasteiger partial charge in [-0.15, -0.1) is 5.10 Å². The number of aromatic nitrogens is 6. The molecule has 0 unspecified atom stereocenters. The van der Waals surface area contributed by atoms with Crippen molar-refractivity contribution in [3.05, 3.63) is 60.0 Å². The highest BCUT2D eigenvalue weighted by molar-refractivity contribution is 5.98. The summed E-state index contributed by atoms with van der Waals surface area (Å²) in [5.74, 6) is 0.128. The molecule has 1 amide bonds. The molecule has 31 heavy (non-hydrogen) atoms. The van der Waals surface area contributed by atoms with Gasteiger partial charge in [0.1, 0.15) is 11.4 Å². The number of nitrogens with one attached hydrogen (secondary N) is 1. The van der Waals surface area contributed by atoms with Crippen molar-refractivity contribution in [2.75, 3.05) is 12.3 Å². The third-order valence-corrected chi connectivity index (χ3v) is 4.09. The number of carbonyl (C=O) groups is 1. The zero-order chi connectivity index (χ0) is 21.6. The molecular formula is C19H17N9O3. The molecule has 1 aromatic carbocycles. The van der Waals surface area contributed by atoms with E-state index in [1.165, 1.54) is 10.9 Å². The predicted octanol–water partition coefficient (Wildman–Crippen LogP) is 1.46. The summed E-state index contributed by atoms with van der Waals surface area (Å²) >= 11 is 0. The molecule has 0 bridgehead atoms. The number of hydrogen-bond acceptors (Lipinski definition) is 10. The normalized spacial score (nSPS) is 11.0. The largest absolute Gasteiger partial charge is 0.494 e. The molecular weight excluding hydrogens is 402 g/mol. The lowest BCUT2D eigenvalue weighted by Gasteiger charge is -2.08. The Morgan fingerprint density at radius 3 is 2.87 bits per heavy atom. The minimum absolute atomic E-state index is 0.00271. The second-order valence-electron chi connectivity index (χ2n) is 6.11. The molecule has 0 aliphatic carbocycles. The lowest BCUT2D eigenvalue weighted by Crippen LogP contribution is -2.19. The first-order valence-corrected chi connectivity index (χ1v) is 9.18. The van der Waals surface area contributed by atoms with Gasteiger partial charge in [0.25, 0.3) is 5.91 Å². The summed E-state index contributed by atoms with van der Waals surface area (Å²) in [5.41, 5.74) is 9.95. The molecule has 3 N–H and O–H groups in total. The molecule has 0 saturated heterocycles. The standard InChI is InChI=1S/C19H17N9O3/c1-2-30-14-5-3-4-13(10-14)16-15(23-27-28(16)18-17(20)25-31-26-18)19(29)24-22-11-12-6-8-21-9-7-12/h3-11H,2H2,1H3,(H2,20,25)(H,24,29). The van der Waals surface area contributed by atoms with Crippen LogP contribution in [0.4, 0.5) is 5.82 Å². The number of hydrogen-bond donors (Lipinski definition) is 2. The van der Waals surface area contributed by atoms with Gasteiger partial charge in [-0.05, 0) is 47.1 Å². The van der Waals surface area contributed by atoms with Gasteiger partial charge in [0.05, 0.1) is 12.8 Å². The second kappa shape index (κ2) is 8.82. The van der Waals surface area contributed by atoms with Crippen molar-refractivity contribution in [3.8, 4) is 22.8 Å². The number of ether oxygens (including phenoxy) is 1. The lowest BCUT2D eigenvalue weighted by atomic mass is 10.1. The quantitative estimate of drug-likeness (QED) is 0.334. The minimum atomic E-state index is -0.580. The van der Waals surface area contributed by atoms with E-state index in [0.29, 0.717) is 23.6 Å². The van der Waals surface area contributed by atoms with Crippen molar-refractivity contribution < 1.29 is 14.2 Å². The van der Waals surface area contributed by atoms with Crippen LogP contribution in [0.5, 0.6) is 5.75 Å². The van der Waals surface area contributed by atoms with Gasteiger partial charge in [0.2, 0.25) is 11.6 Å². The highest BCUT2D eigenvalue weighted by Crippen LogP contribution is 2.29. The molecule has 12 heteroatoms. The highest BCUT2D eigenvalue weighted by atomic mass is 16.6. The Bertz CT molecular complexity index is 1220. The average molecular weight is 419 g/mol. The summed E-state index contributed by atoms with van der Waals surface area (Å²) < 4.78 is 11.5. The molecule has 3 aromatic heterocycles. The van der Waals surface area contributed by atoms with E-state index in [4.69, 9.17) is 10.5 Å². The van der Waals surface area contributed by atoms with Crippen LogP contribution in [0.1, 0.15) is 23.0 Å². The topological polar surface area (TPSA) is 159 Å². The molecule has 0 aliphatic rings. The summed E-state index contributed by atoms with van der Waals surface area (Å²) in [6, 6.07) is 10.6. The van der Waals surface area contributed by atoms with E-state index < -0.39 is 5.91 Å². The van der Waals surface area contributed by atoms with Crippen LogP contribution in [-0.4, -0.2) is 49.0 Å². The first-order valence-electron chi connectivity index (χ1n) is 9.18. The number of pyridine rings is 1. The van der Waals surface area contributed by atoms with Crippen molar-refractivity contribution in [3.63, 3.8) is 0 Å². The number of benzene rings is 1. The van der Waals surface area contributed by atoms with E-state index in [-0.39, 0.29) is 17.3 Å². The molecule has 0 saturated carbocycles. The van der Waals surface area contributed by atoms with Crippen LogP contribution < -0.4 is 15.9 Å². The molecule has 4 rings (SSSR count). The molecule has 0 spiro atoms. The molecule has 0 atom stereocenters. The zero-order valence-corrected chi connectivity index (χ0v) is 16.3. The smallest absolute Gasteiger partial charge is 0.294 e. The molecule has 0 fully saturated rings. The van der Waals surface area contributed by atoms with Crippen LogP contribution in [0.15, 0.2) is 58.5 Å². The van der Waals surface area contributed by atoms with E-state index in [9.17, 15) is 4.79 Å². The van der Waals surface area contributed by atoms with E-state index in [1.54, 1.807) is 48.8 Å². The fraction of sp³-hybridized carbons (Fsp3) is 0.105.